The Kier molecular flexibility index (Phi) is 6.33. The quantitative estimate of drug-likeness (QED) is 0.650. The summed E-state index contributed by atoms with van der Waals surface area (Å²) in [4.78, 5) is 48.4. The highest BCUT2D eigenvalue weighted by atomic mass is 16.5. The monoisotopic (exact) mass is 314 g/mol. The van der Waals surface area contributed by atoms with Gasteiger partial charge in [0.25, 0.3) is 0 Å². The van der Waals surface area contributed by atoms with E-state index in [-0.39, 0.29) is 12.3 Å². The lowest BCUT2D eigenvalue weighted by molar-refractivity contribution is -0.166. The van der Waals surface area contributed by atoms with Gasteiger partial charge in [-0.15, -0.1) is 0 Å². The maximum Gasteiger partial charge on any atom is 0.310 e. The average molecular weight is 314 g/mol. The van der Waals surface area contributed by atoms with Gasteiger partial charge < -0.3 is 20.1 Å². The van der Waals surface area contributed by atoms with Gasteiger partial charge in [-0.25, -0.2) is 0 Å². The summed E-state index contributed by atoms with van der Waals surface area (Å²) in [5.41, 5.74) is 0. The van der Waals surface area contributed by atoms with E-state index in [2.05, 4.69) is 10.6 Å². The number of carbonyl (C=O) groups is 4. The van der Waals surface area contributed by atoms with Gasteiger partial charge in [0.2, 0.25) is 11.8 Å². The summed E-state index contributed by atoms with van der Waals surface area (Å²) in [6.45, 7) is 0. The van der Waals surface area contributed by atoms with E-state index in [1.165, 1.54) is 28.3 Å². The Morgan fingerprint density at radius 1 is 0.773 bits per heavy atom. The first kappa shape index (κ1) is 17.9. The molecule has 1 aliphatic carbocycles. The van der Waals surface area contributed by atoms with Crippen LogP contribution in [0.2, 0.25) is 0 Å². The highest BCUT2D eigenvalue weighted by Gasteiger charge is 2.52. The third-order valence-electron chi connectivity index (χ3n) is 4.15. The minimum absolute atomic E-state index is 0.288. The van der Waals surface area contributed by atoms with E-state index >= 15 is 0 Å². The summed E-state index contributed by atoms with van der Waals surface area (Å²) in [6, 6.07) is 0. The van der Waals surface area contributed by atoms with E-state index in [0.29, 0.717) is 6.42 Å². The van der Waals surface area contributed by atoms with Crippen LogP contribution in [0.3, 0.4) is 0 Å². The minimum Gasteiger partial charge on any atom is -0.469 e. The number of carbonyl (C=O) groups excluding carboxylic acids is 4. The van der Waals surface area contributed by atoms with Crippen molar-refractivity contribution in [2.45, 2.75) is 12.8 Å². The van der Waals surface area contributed by atoms with Crippen molar-refractivity contribution in [2.75, 3.05) is 28.3 Å². The van der Waals surface area contributed by atoms with Crippen LogP contribution in [0.15, 0.2) is 0 Å². The Bertz CT molecular complexity index is 422. The average Bonchev–Trinajstić information content (AvgIpc) is 2.57. The van der Waals surface area contributed by atoms with Gasteiger partial charge in [-0.05, 0) is 12.8 Å². The van der Waals surface area contributed by atoms with E-state index in [1.54, 1.807) is 0 Å². The van der Waals surface area contributed by atoms with Crippen molar-refractivity contribution in [3.8, 4) is 0 Å². The first-order valence-corrected chi connectivity index (χ1v) is 7.01. The van der Waals surface area contributed by atoms with Gasteiger partial charge in [-0.3, -0.25) is 19.2 Å². The third kappa shape index (κ3) is 3.37. The molecule has 1 rings (SSSR count). The number of amides is 2. The Hall–Kier alpha value is -2.12. The molecule has 1 fully saturated rings. The van der Waals surface area contributed by atoms with Crippen LogP contribution in [0.4, 0.5) is 0 Å². The van der Waals surface area contributed by atoms with Crippen LogP contribution in [0, 0.1) is 23.7 Å². The van der Waals surface area contributed by atoms with Crippen molar-refractivity contribution in [2.24, 2.45) is 23.7 Å². The van der Waals surface area contributed by atoms with Gasteiger partial charge >= 0.3 is 11.9 Å². The first-order chi connectivity index (χ1) is 10.4. The molecule has 0 aliphatic heterocycles. The molecule has 0 aromatic heterocycles. The molecule has 8 nitrogen and oxygen atoms in total. The molecule has 22 heavy (non-hydrogen) atoms. The highest BCUT2D eigenvalue weighted by molar-refractivity contribution is 5.93. The van der Waals surface area contributed by atoms with Crippen LogP contribution < -0.4 is 10.6 Å². The lowest BCUT2D eigenvalue weighted by Gasteiger charge is -2.38. The molecule has 0 bridgehead atoms. The highest BCUT2D eigenvalue weighted by Crippen LogP contribution is 2.40. The van der Waals surface area contributed by atoms with E-state index in [9.17, 15) is 19.2 Å². The van der Waals surface area contributed by atoms with Crippen LogP contribution in [0.1, 0.15) is 12.8 Å². The van der Waals surface area contributed by atoms with Crippen LogP contribution in [-0.4, -0.2) is 52.1 Å². The van der Waals surface area contributed by atoms with E-state index < -0.39 is 41.5 Å². The van der Waals surface area contributed by atoms with E-state index in [1.807, 2.05) is 0 Å². The molecular formula is C14H22N2O6. The number of rotatable bonds is 4. The molecule has 4 atom stereocenters. The predicted molar refractivity (Wildman–Crippen MR) is 75.4 cm³/mol. The zero-order valence-electron chi connectivity index (χ0n) is 13.2. The number of hydrogen-bond acceptors (Lipinski definition) is 6. The molecule has 0 aromatic rings. The second-order valence-electron chi connectivity index (χ2n) is 5.12. The van der Waals surface area contributed by atoms with Gasteiger partial charge in [-0.2, -0.15) is 0 Å². The molecule has 2 amide bonds. The summed E-state index contributed by atoms with van der Waals surface area (Å²) >= 11 is 0. The first-order valence-electron chi connectivity index (χ1n) is 7.01. The lowest BCUT2D eigenvalue weighted by Crippen LogP contribution is -2.52. The molecular weight excluding hydrogens is 292 g/mol. The molecule has 0 radical (unpaired) electrons. The molecule has 2 N–H and O–H groups in total. The van der Waals surface area contributed by atoms with Crippen molar-refractivity contribution in [3.05, 3.63) is 0 Å². The minimum atomic E-state index is -1.03. The van der Waals surface area contributed by atoms with Gasteiger partial charge in [0.1, 0.15) is 0 Å². The Morgan fingerprint density at radius 2 is 1.27 bits per heavy atom. The molecule has 1 saturated carbocycles. The largest absolute Gasteiger partial charge is 0.469 e. The Balaban J connectivity index is 3.28. The van der Waals surface area contributed by atoms with Gasteiger partial charge in [0.05, 0.1) is 37.9 Å². The molecule has 0 heterocycles. The fraction of sp³-hybridized carbons (Fsp3) is 0.714. The SMILES string of the molecule is CNC(=O)C1CCC(C(=O)OC)C(C(=O)NC)C1C(=O)OC. The zero-order chi connectivity index (χ0) is 16.9. The lowest BCUT2D eigenvalue weighted by atomic mass is 9.65. The van der Waals surface area contributed by atoms with E-state index in [4.69, 9.17) is 9.47 Å². The number of nitrogens with one attached hydrogen (secondary N) is 2. The number of methoxy groups -OCH3 is 2. The topological polar surface area (TPSA) is 111 Å². The normalized spacial score (nSPS) is 27.5. The summed E-state index contributed by atoms with van der Waals surface area (Å²) in [7, 11) is 5.28. The number of esters is 2. The molecule has 4 unspecified atom stereocenters. The smallest absolute Gasteiger partial charge is 0.310 e. The molecule has 1 aliphatic rings. The Labute approximate surface area is 128 Å². The molecule has 0 aromatic carbocycles. The maximum absolute atomic E-state index is 12.2. The van der Waals surface area contributed by atoms with Gasteiger partial charge in [0.15, 0.2) is 0 Å². The van der Waals surface area contributed by atoms with Crippen molar-refractivity contribution in [3.63, 3.8) is 0 Å². The summed E-state index contributed by atoms with van der Waals surface area (Å²) in [5.74, 6) is -5.63. The van der Waals surface area contributed by atoms with Crippen LogP contribution >= 0.6 is 0 Å². The van der Waals surface area contributed by atoms with Crippen LogP contribution in [0.25, 0.3) is 0 Å². The Morgan fingerprint density at radius 3 is 1.73 bits per heavy atom. The second-order valence-corrected chi connectivity index (χ2v) is 5.12. The van der Waals surface area contributed by atoms with Gasteiger partial charge in [0, 0.05) is 14.1 Å². The fourth-order valence-electron chi connectivity index (χ4n) is 3.07. The number of ether oxygens (including phenoxy) is 2. The third-order valence-corrected chi connectivity index (χ3v) is 4.15. The van der Waals surface area contributed by atoms with E-state index in [0.717, 1.165) is 0 Å². The molecule has 8 heteroatoms. The summed E-state index contributed by atoms with van der Waals surface area (Å²) < 4.78 is 9.48. The van der Waals surface area contributed by atoms with Crippen molar-refractivity contribution in [1.29, 1.82) is 0 Å². The molecule has 124 valence electrons. The molecule has 0 saturated heterocycles. The summed E-state index contributed by atoms with van der Waals surface area (Å²) in [5, 5.41) is 4.93. The van der Waals surface area contributed by atoms with Crippen molar-refractivity contribution < 1.29 is 28.7 Å². The van der Waals surface area contributed by atoms with Crippen molar-refractivity contribution in [1.82, 2.24) is 10.6 Å². The van der Waals surface area contributed by atoms with Gasteiger partial charge in [-0.1, -0.05) is 0 Å². The van der Waals surface area contributed by atoms with Crippen molar-refractivity contribution >= 4 is 23.8 Å². The standard InChI is InChI=1S/C14H22N2O6/c1-15-11(17)7-5-6-8(13(19)21-3)9(12(18)16-2)10(7)14(20)22-4/h7-10H,5-6H2,1-4H3,(H,15,17)(H,16,18). The summed E-state index contributed by atoms with van der Waals surface area (Å²) in [6.07, 6.45) is 0.586. The van der Waals surface area contributed by atoms with Crippen LogP contribution in [0.5, 0.6) is 0 Å². The molecule has 0 spiro atoms. The zero-order valence-corrected chi connectivity index (χ0v) is 13.2. The van der Waals surface area contributed by atoms with Crippen LogP contribution in [-0.2, 0) is 28.7 Å². The maximum atomic E-state index is 12.2. The number of hydrogen-bond donors (Lipinski definition) is 2. The second kappa shape index (κ2) is 7.77. The fourth-order valence-corrected chi connectivity index (χ4v) is 3.07. The predicted octanol–water partition coefficient (Wildman–Crippen LogP) is -0.917.